The summed E-state index contributed by atoms with van der Waals surface area (Å²) >= 11 is 0. The van der Waals surface area contributed by atoms with Gasteiger partial charge in [-0.3, -0.25) is 9.78 Å². The minimum Gasteiger partial charge on any atom is -0.347 e. The summed E-state index contributed by atoms with van der Waals surface area (Å²) in [5.74, 6) is -0.143. The second-order valence-corrected chi connectivity index (χ2v) is 5.33. The number of amides is 1. The van der Waals surface area contributed by atoms with E-state index in [0.29, 0.717) is 0 Å². The Morgan fingerprint density at radius 1 is 1.41 bits per heavy atom. The summed E-state index contributed by atoms with van der Waals surface area (Å²) < 4.78 is 0. The number of hydrogen-bond donors (Lipinski definition) is 2. The van der Waals surface area contributed by atoms with E-state index in [1.807, 2.05) is 45.9 Å². The lowest BCUT2D eigenvalue weighted by molar-refractivity contribution is -0.125. The smallest absolute Gasteiger partial charge is 0.237 e. The van der Waals surface area contributed by atoms with Crippen molar-refractivity contribution in [2.75, 3.05) is 0 Å². The van der Waals surface area contributed by atoms with Crippen LogP contribution in [0, 0.1) is 5.41 Å². The number of nitrogens with two attached hydrogens (primary N) is 1. The Bertz CT molecular complexity index is 370. The molecule has 1 aromatic heterocycles. The van der Waals surface area contributed by atoms with Gasteiger partial charge in [0.05, 0.1) is 17.8 Å². The van der Waals surface area contributed by atoms with E-state index >= 15 is 0 Å². The first-order valence-electron chi connectivity index (χ1n) is 5.79. The van der Waals surface area contributed by atoms with Gasteiger partial charge < -0.3 is 11.1 Å². The molecule has 2 atom stereocenters. The van der Waals surface area contributed by atoms with Crippen LogP contribution >= 0.6 is 0 Å². The maximum Gasteiger partial charge on any atom is 0.237 e. The van der Waals surface area contributed by atoms with Gasteiger partial charge in [-0.15, -0.1) is 0 Å². The lowest BCUT2D eigenvalue weighted by Gasteiger charge is -2.27. The molecule has 0 aliphatic rings. The average molecular weight is 235 g/mol. The molecule has 0 saturated carbocycles. The van der Waals surface area contributed by atoms with E-state index in [9.17, 15) is 4.79 Å². The SMILES string of the molecule is C[C@@H](NC(=O)[C@@H](N)C(C)(C)C)c1ccccn1. The van der Waals surface area contributed by atoms with Gasteiger partial charge in [0.15, 0.2) is 0 Å². The third-order valence-corrected chi connectivity index (χ3v) is 2.71. The van der Waals surface area contributed by atoms with Gasteiger partial charge in [0, 0.05) is 6.20 Å². The van der Waals surface area contributed by atoms with E-state index in [0.717, 1.165) is 5.69 Å². The van der Waals surface area contributed by atoms with Gasteiger partial charge in [0.1, 0.15) is 0 Å². The van der Waals surface area contributed by atoms with Crippen molar-refractivity contribution in [3.8, 4) is 0 Å². The van der Waals surface area contributed by atoms with Crippen LogP contribution in [0.25, 0.3) is 0 Å². The standard InChI is InChI=1S/C13H21N3O/c1-9(10-7-5-6-8-15-10)16-12(17)11(14)13(2,3)4/h5-9,11H,14H2,1-4H3,(H,16,17)/t9-,11-/m1/s1. The molecular weight excluding hydrogens is 214 g/mol. The van der Waals surface area contributed by atoms with Crippen LogP contribution in [-0.2, 0) is 4.79 Å². The van der Waals surface area contributed by atoms with E-state index in [1.54, 1.807) is 6.20 Å². The van der Waals surface area contributed by atoms with Gasteiger partial charge in [-0.1, -0.05) is 26.8 Å². The molecule has 1 aromatic rings. The second kappa shape index (κ2) is 5.27. The second-order valence-electron chi connectivity index (χ2n) is 5.33. The number of rotatable bonds is 3. The maximum absolute atomic E-state index is 11.9. The van der Waals surface area contributed by atoms with E-state index in [2.05, 4.69) is 10.3 Å². The molecule has 1 rings (SSSR count). The highest BCUT2D eigenvalue weighted by Gasteiger charge is 2.28. The maximum atomic E-state index is 11.9. The highest BCUT2D eigenvalue weighted by Crippen LogP contribution is 2.18. The topological polar surface area (TPSA) is 68.0 Å². The molecule has 4 nitrogen and oxygen atoms in total. The van der Waals surface area contributed by atoms with Crippen LogP contribution in [0.15, 0.2) is 24.4 Å². The Morgan fingerprint density at radius 3 is 2.53 bits per heavy atom. The number of nitrogens with one attached hydrogen (secondary N) is 1. The first kappa shape index (κ1) is 13.6. The van der Waals surface area contributed by atoms with Crippen LogP contribution in [0.3, 0.4) is 0 Å². The Balaban J connectivity index is 2.64. The fraction of sp³-hybridized carbons (Fsp3) is 0.538. The molecule has 0 aliphatic heterocycles. The van der Waals surface area contributed by atoms with E-state index in [1.165, 1.54) is 0 Å². The van der Waals surface area contributed by atoms with Crippen LogP contribution in [-0.4, -0.2) is 16.9 Å². The molecule has 0 fully saturated rings. The Kier molecular flexibility index (Phi) is 4.23. The summed E-state index contributed by atoms with van der Waals surface area (Å²) in [5, 5.41) is 2.88. The van der Waals surface area contributed by atoms with Crippen LogP contribution < -0.4 is 11.1 Å². The van der Waals surface area contributed by atoms with Crippen molar-refractivity contribution in [3.63, 3.8) is 0 Å². The van der Waals surface area contributed by atoms with Gasteiger partial charge in [0.25, 0.3) is 0 Å². The number of hydrogen-bond acceptors (Lipinski definition) is 3. The van der Waals surface area contributed by atoms with Gasteiger partial charge in [0.2, 0.25) is 5.91 Å². The third kappa shape index (κ3) is 3.82. The van der Waals surface area contributed by atoms with Crippen molar-refractivity contribution in [3.05, 3.63) is 30.1 Å². The summed E-state index contributed by atoms with van der Waals surface area (Å²) in [6.07, 6.45) is 1.71. The van der Waals surface area contributed by atoms with Crippen molar-refractivity contribution < 1.29 is 4.79 Å². The van der Waals surface area contributed by atoms with Crippen LogP contribution in [0.4, 0.5) is 0 Å². The van der Waals surface area contributed by atoms with Crippen molar-refractivity contribution in [1.82, 2.24) is 10.3 Å². The molecule has 1 amide bonds. The molecule has 0 bridgehead atoms. The van der Waals surface area contributed by atoms with E-state index < -0.39 is 6.04 Å². The summed E-state index contributed by atoms with van der Waals surface area (Å²) in [6, 6.07) is 4.98. The third-order valence-electron chi connectivity index (χ3n) is 2.71. The molecule has 0 spiro atoms. The molecule has 0 radical (unpaired) electrons. The fourth-order valence-corrected chi connectivity index (χ4v) is 1.40. The molecule has 0 aromatic carbocycles. The van der Waals surface area contributed by atoms with Gasteiger partial charge in [-0.25, -0.2) is 0 Å². The van der Waals surface area contributed by atoms with Gasteiger partial charge in [-0.2, -0.15) is 0 Å². The molecule has 4 heteroatoms. The number of nitrogens with zero attached hydrogens (tertiary/aromatic N) is 1. The summed E-state index contributed by atoms with van der Waals surface area (Å²) in [4.78, 5) is 16.1. The lowest BCUT2D eigenvalue weighted by Crippen LogP contribution is -2.49. The molecule has 3 N–H and O–H groups in total. The van der Waals surface area contributed by atoms with Crippen LogP contribution in [0.5, 0.6) is 0 Å². The largest absolute Gasteiger partial charge is 0.347 e. The Hall–Kier alpha value is -1.42. The molecule has 1 heterocycles. The minimum absolute atomic E-state index is 0.128. The first-order valence-corrected chi connectivity index (χ1v) is 5.79. The molecule has 17 heavy (non-hydrogen) atoms. The normalized spacial score (nSPS) is 15.1. The zero-order chi connectivity index (χ0) is 13.1. The molecule has 0 saturated heterocycles. The Morgan fingerprint density at radius 2 is 2.06 bits per heavy atom. The monoisotopic (exact) mass is 235 g/mol. The van der Waals surface area contributed by atoms with Crippen molar-refractivity contribution in [1.29, 1.82) is 0 Å². The number of aromatic nitrogens is 1. The lowest BCUT2D eigenvalue weighted by atomic mass is 9.87. The predicted octanol–water partition coefficient (Wildman–Crippen LogP) is 1.63. The fourth-order valence-electron chi connectivity index (χ4n) is 1.40. The van der Waals surface area contributed by atoms with Crippen molar-refractivity contribution in [2.24, 2.45) is 11.1 Å². The molecule has 0 aliphatic carbocycles. The highest BCUT2D eigenvalue weighted by molar-refractivity contribution is 5.82. The average Bonchev–Trinajstić information content (AvgIpc) is 2.27. The summed E-state index contributed by atoms with van der Waals surface area (Å²) in [7, 11) is 0. The van der Waals surface area contributed by atoms with Crippen molar-refractivity contribution in [2.45, 2.75) is 39.8 Å². The molecular formula is C13H21N3O. The number of carbonyl (C=O) groups excluding carboxylic acids is 1. The first-order chi connectivity index (χ1) is 7.82. The molecule has 94 valence electrons. The van der Waals surface area contributed by atoms with E-state index in [4.69, 9.17) is 5.73 Å². The quantitative estimate of drug-likeness (QED) is 0.836. The minimum atomic E-state index is -0.520. The summed E-state index contributed by atoms with van der Waals surface area (Å²) in [6.45, 7) is 7.74. The number of pyridine rings is 1. The Labute approximate surface area is 103 Å². The zero-order valence-electron chi connectivity index (χ0n) is 10.9. The van der Waals surface area contributed by atoms with E-state index in [-0.39, 0.29) is 17.4 Å². The predicted molar refractivity (Wildman–Crippen MR) is 68.2 cm³/mol. The van der Waals surface area contributed by atoms with Gasteiger partial charge >= 0.3 is 0 Å². The summed E-state index contributed by atoms with van der Waals surface area (Å²) in [5.41, 5.74) is 6.48. The zero-order valence-corrected chi connectivity index (χ0v) is 10.9. The van der Waals surface area contributed by atoms with Crippen LogP contribution in [0.1, 0.15) is 39.4 Å². The van der Waals surface area contributed by atoms with Gasteiger partial charge in [-0.05, 0) is 24.5 Å². The molecule has 0 unspecified atom stereocenters. The van der Waals surface area contributed by atoms with Crippen LogP contribution in [0.2, 0.25) is 0 Å². The number of carbonyl (C=O) groups is 1. The highest BCUT2D eigenvalue weighted by atomic mass is 16.2. The van der Waals surface area contributed by atoms with Crippen molar-refractivity contribution >= 4 is 5.91 Å².